The van der Waals surface area contributed by atoms with E-state index >= 15 is 0 Å². The summed E-state index contributed by atoms with van der Waals surface area (Å²) in [7, 11) is 1.65. The van der Waals surface area contributed by atoms with Crippen LogP contribution in [0.3, 0.4) is 0 Å². The summed E-state index contributed by atoms with van der Waals surface area (Å²) in [5, 5.41) is 3.65. The molecular formula is C17H21ClN4O. The van der Waals surface area contributed by atoms with Crippen molar-refractivity contribution >= 4 is 29.1 Å². The molecule has 0 saturated carbocycles. The number of benzene rings is 1. The van der Waals surface area contributed by atoms with Gasteiger partial charge in [-0.2, -0.15) is 4.98 Å². The van der Waals surface area contributed by atoms with Crippen molar-refractivity contribution in [3.05, 3.63) is 35.5 Å². The van der Waals surface area contributed by atoms with Crippen molar-refractivity contribution in [2.24, 2.45) is 5.92 Å². The predicted octanol–water partition coefficient (Wildman–Crippen LogP) is 4.12. The molecular weight excluding hydrogens is 312 g/mol. The Balaban J connectivity index is 1.79. The molecule has 2 heterocycles. The number of hydrogen-bond donors (Lipinski definition) is 1. The number of hydrogen-bond acceptors (Lipinski definition) is 5. The lowest BCUT2D eigenvalue weighted by atomic mass is 10.0. The molecule has 2 aromatic rings. The third kappa shape index (κ3) is 4.05. The van der Waals surface area contributed by atoms with E-state index in [0.717, 1.165) is 30.3 Å². The van der Waals surface area contributed by atoms with E-state index in [2.05, 4.69) is 27.1 Å². The van der Waals surface area contributed by atoms with Crippen LogP contribution >= 0.6 is 11.6 Å². The molecule has 1 unspecified atom stereocenters. The van der Waals surface area contributed by atoms with E-state index in [9.17, 15) is 0 Å². The Morgan fingerprint density at radius 3 is 2.74 bits per heavy atom. The van der Waals surface area contributed by atoms with Crippen LogP contribution in [0, 0.1) is 5.92 Å². The SMILES string of the molecule is COc1ccc(Nc2nc(Cl)cc(N3CCCC(C)C3)n2)cc1. The second-order valence-corrected chi connectivity index (χ2v) is 6.31. The molecule has 1 saturated heterocycles. The van der Waals surface area contributed by atoms with Crippen molar-refractivity contribution in [2.75, 3.05) is 30.4 Å². The molecule has 1 aliphatic heterocycles. The van der Waals surface area contributed by atoms with E-state index in [1.54, 1.807) is 7.11 Å². The molecule has 1 fully saturated rings. The molecule has 0 radical (unpaired) electrons. The summed E-state index contributed by atoms with van der Waals surface area (Å²) in [6, 6.07) is 9.45. The first kappa shape index (κ1) is 15.9. The third-order valence-electron chi connectivity index (χ3n) is 4.01. The number of aromatic nitrogens is 2. The Kier molecular flexibility index (Phi) is 4.86. The average molecular weight is 333 g/mol. The van der Waals surface area contributed by atoms with Crippen molar-refractivity contribution in [3.63, 3.8) is 0 Å². The first-order valence-electron chi connectivity index (χ1n) is 7.84. The smallest absolute Gasteiger partial charge is 0.230 e. The van der Waals surface area contributed by atoms with Crippen LogP contribution in [0.25, 0.3) is 0 Å². The van der Waals surface area contributed by atoms with Crippen LogP contribution in [-0.4, -0.2) is 30.2 Å². The Labute approximate surface area is 141 Å². The molecule has 0 amide bonds. The van der Waals surface area contributed by atoms with Gasteiger partial charge in [0.1, 0.15) is 16.7 Å². The summed E-state index contributed by atoms with van der Waals surface area (Å²) in [5.41, 5.74) is 0.894. The number of nitrogens with one attached hydrogen (secondary N) is 1. The molecule has 1 aromatic heterocycles. The van der Waals surface area contributed by atoms with Gasteiger partial charge in [0.25, 0.3) is 0 Å². The summed E-state index contributed by atoms with van der Waals surface area (Å²) in [6.45, 7) is 4.29. The molecule has 5 nitrogen and oxygen atoms in total. The Hall–Kier alpha value is -2.01. The summed E-state index contributed by atoms with van der Waals surface area (Å²) in [5.74, 6) is 2.88. The number of piperidine rings is 1. The fraction of sp³-hybridized carbons (Fsp3) is 0.412. The van der Waals surface area contributed by atoms with Gasteiger partial charge in [-0.3, -0.25) is 0 Å². The minimum atomic E-state index is 0.448. The number of ether oxygens (including phenoxy) is 1. The first-order valence-corrected chi connectivity index (χ1v) is 8.22. The predicted molar refractivity (Wildman–Crippen MR) is 93.9 cm³/mol. The van der Waals surface area contributed by atoms with Gasteiger partial charge in [0.2, 0.25) is 5.95 Å². The molecule has 23 heavy (non-hydrogen) atoms. The van der Waals surface area contributed by atoms with E-state index < -0.39 is 0 Å². The van der Waals surface area contributed by atoms with Crippen molar-refractivity contribution in [1.82, 2.24) is 9.97 Å². The number of rotatable bonds is 4. The van der Waals surface area contributed by atoms with Crippen LogP contribution in [-0.2, 0) is 0 Å². The molecule has 1 atom stereocenters. The van der Waals surface area contributed by atoms with Crippen LogP contribution in [0.5, 0.6) is 5.75 Å². The molecule has 0 bridgehead atoms. The molecule has 0 spiro atoms. The maximum absolute atomic E-state index is 6.18. The summed E-state index contributed by atoms with van der Waals surface area (Å²) < 4.78 is 5.16. The van der Waals surface area contributed by atoms with Gasteiger partial charge in [-0.25, -0.2) is 4.98 Å². The fourth-order valence-corrected chi connectivity index (χ4v) is 3.00. The molecule has 0 aliphatic carbocycles. The van der Waals surface area contributed by atoms with E-state index in [-0.39, 0.29) is 0 Å². The Morgan fingerprint density at radius 1 is 1.26 bits per heavy atom. The molecule has 1 aliphatic rings. The normalized spacial score (nSPS) is 17.9. The molecule has 1 N–H and O–H groups in total. The second kappa shape index (κ2) is 7.04. The largest absolute Gasteiger partial charge is 0.497 e. The first-order chi connectivity index (χ1) is 11.1. The van der Waals surface area contributed by atoms with Crippen molar-refractivity contribution in [1.29, 1.82) is 0 Å². The highest BCUT2D eigenvalue weighted by Gasteiger charge is 2.18. The summed E-state index contributed by atoms with van der Waals surface area (Å²) >= 11 is 6.18. The van der Waals surface area contributed by atoms with E-state index in [0.29, 0.717) is 17.0 Å². The number of methoxy groups -OCH3 is 1. The maximum atomic E-state index is 6.18. The highest BCUT2D eigenvalue weighted by molar-refractivity contribution is 6.29. The van der Waals surface area contributed by atoms with Gasteiger partial charge in [0.05, 0.1) is 7.11 Å². The zero-order valence-corrected chi connectivity index (χ0v) is 14.2. The van der Waals surface area contributed by atoms with Crippen molar-refractivity contribution in [3.8, 4) is 5.75 Å². The molecule has 122 valence electrons. The van der Waals surface area contributed by atoms with Crippen LogP contribution in [0.15, 0.2) is 30.3 Å². The monoisotopic (exact) mass is 332 g/mol. The lowest BCUT2D eigenvalue weighted by molar-refractivity contribution is 0.415. The number of halogens is 1. The van der Waals surface area contributed by atoms with Crippen molar-refractivity contribution in [2.45, 2.75) is 19.8 Å². The Bertz CT molecular complexity index is 662. The number of anilines is 3. The van der Waals surface area contributed by atoms with Gasteiger partial charge >= 0.3 is 0 Å². The maximum Gasteiger partial charge on any atom is 0.230 e. The van der Waals surface area contributed by atoms with Gasteiger partial charge in [-0.05, 0) is 43.0 Å². The van der Waals surface area contributed by atoms with E-state index in [4.69, 9.17) is 16.3 Å². The molecule has 3 rings (SSSR count). The minimum absolute atomic E-state index is 0.448. The zero-order chi connectivity index (χ0) is 16.2. The highest BCUT2D eigenvalue weighted by atomic mass is 35.5. The number of nitrogens with zero attached hydrogens (tertiary/aromatic N) is 3. The fourth-order valence-electron chi connectivity index (χ4n) is 2.82. The highest BCUT2D eigenvalue weighted by Crippen LogP contribution is 2.25. The van der Waals surface area contributed by atoms with Crippen LogP contribution < -0.4 is 15.0 Å². The van der Waals surface area contributed by atoms with Crippen LogP contribution in [0.4, 0.5) is 17.5 Å². The second-order valence-electron chi connectivity index (χ2n) is 5.92. The Morgan fingerprint density at radius 2 is 2.04 bits per heavy atom. The van der Waals surface area contributed by atoms with Gasteiger partial charge in [-0.15, -0.1) is 0 Å². The van der Waals surface area contributed by atoms with Gasteiger partial charge < -0.3 is 15.0 Å². The lowest BCUT2D eigenvalue weighted by Gasteiger charge is -2.32. The van der Waals surface area contributed by atoms with Gasteiger partial charge in [-0.1, -0.05) is 18.5 Å². The molecule has 1 aromatic carbocycles. The van der Waals surface area contributed by atoms with Crippen LogP contribution in [0.1, 0.15) is 19.8 Å². The van der Waals surface area contributed by atoms with Crippen LogP contribution in [0.2, 0.25) is 5.15 Å². The van der Waals surface area contributed by atoms with Crippen molar-refractivity contribution < 1.29 is 4.74 Å². The topological polar surface area (TPSA) is 50.3 Å². The third-order valence-corrected chi connectivity index (χ3v) is 4.20. The zero-order valence-electron chi connectivity index (χ0n) is 13.4. The average Bonchev–Trinajstić information content (AvgIpc) is 2.55. The van der Waals surface area contributed by atoms with Gasteiger partial charge in [0, 0.05) is 24.8 Å². The summed E-state index contributed by atoms with van der Waals surface area (Å²) in [6.07, 6.45) is 2.45. The quantitative estimate of drug-likeness (QED) is 0.853. The minimum Gasteiger partial charge on any atom is -0.497 e. The standard InChI is InChI=1S/C17H21ClN4O/c1-12-4-3-9-22(11-12)16-10-15(18)20-17(21-16)19-13-5-7-14(23-2)8-6-13/h5-8,10,12H,3-4,9,11H2,1-2H3,(H,19,20,21). The van der Waals surface area contributed by atoms with E-state index in [1.165, 1.54) is 12.8 Å². The lowest BCUT2D eigenvalue weighted by Crippen LogP contribution is -2.34. The molecule has 6 heteroatoms. The summed E-state index contributed by atoms with van der Waals surface area (Å²) in [4.78, 5) is 11.2. The van der Waals surface area contributed by atoms with E-state index in [1.807, 2.05) is 30.3 Å². The van der Waals surface area contributed by atoms with Gasteiger partial charge in [0.15, 0.2) is 0 Å².